The summed E-state index contributed by atoms with van der Waals surface area (Å²) in [4.78, 5) is 23.2. The van der Waals surface area contributed by atoms with Gasteiger partial charge in [0.2, 0.25) is 0 Å². The van der Waals surface area contributed by atoms with Crippen LogP contribution in [0.1, 0.15) is 16.1 Å². The van der Waals surface area contributed by atoms with Gasteiger partial charge in [-0.2, -0.15) is 0 Å². The third-order valence-corrected chi connectivity index (χ3v) is 5.22. The highest BCUT2D eigenvalue weighted by Gasteiger charge is 2.24. The normalized spacial score (nSPS) is 14.0. The molecule has 6 heteroatoms. The first-order valence-corrected chi connectivity index (χ1v) is 9.43. The quantitative estimate of drug-likeness (QED) is 0.348. The number of halogens is 1. The molecule has 0 saturated carbocycles. The molecule has 0 spiro atoms. The number of hydrogen-bond acceptors (Lipinski definition) is 3. The molecule has 0 amide bonds. The number of pyridine rings is 1. The summed E-state index contributed by atoms with van der Waals surface area (Å²) in [6.45, 7) is 11.1. The number of Topliss-reactive ketones (excluding diaryl/α,β-unsaturated/α-hetero) is 1. The molecule has 1 aliphatic rings. The van der Waals surface area contributed by atoms with Crippen molar-refractivity contribution in [2.45, 2.75) is 6.92 Å². The van der Waals surface area contributed by atoms with Crippen molar-refractivity contribution in [1.82, 2.24) is 14.5 Å². The Morgan fingerprint density at radius 1 is 1.26 bits per heavy atom. The monoisotopic (exact) mass is 420 g/mol. The van der Waals surface area contributed by atoms with E-state index in [-0.39, 0.29) is 5.78 Å². The Bertz CT molecular complexity index is 1100. The third-order valence-electron chi connectivity index (χ3n) is 4.79. The van der Waals surface area contributed by atoms with Crippen LogP contribution in [0.15, 0.2) is 53.2 Å². The summed E-state index contributed by atoms with van der Waals surface area (Å²) in [6, 6.07) is 9.36. The van der Waals surface area contributed by atoms with Crippen molar-refractivity contribution in [3.05, 3.63) is 75.8 Å². The third kappa shape index (κ3) is 3.20. The van der Waals surface area contributed by atoms with Crippen LogP contribution in [0, 0.1) is 13.5 Å². The minimum absolute atomic E-state index is 0.0764. The van der Waals surface area contributed by atoms with Crippen LogP contribution in [0.4, 0.5) is 5.69 Å². The average Bonchev–Trinajstić information content (AvgIpc) is 3.26. The molecule has 0 bridgehead atoms. The van der Waals surface area contributed by atoms with E-state index >= 15 is 0 Å². The van der Waals surface area contributed by atoms with E-state index in [0.29, 0.717) is 23.3 Å². The van der Waals surface area contributed by atoms with Gasteiger partial charge >= 0.3 is 0 Å². The fourth-order valence-electron chi connectivity index (χ4n) is 3.53. The van der Waals surface area contributed by atoms with Gasteiger partial charge in [-0.1, -0.05) is 24.3 Å². The zero-order valence-electron chi connectivity index (χ0n) is 14.8. The fourth-order valence-corrected chi connectivity index (χ4v) is 3.85. The molecule has 0 radical (unpaired) electrons. The molecule has 0 aliphatic carbocycles. The molecule has 1 aliphatic heterocycles. The van der Waals surface area contributed by atoms with E-state index in [4.69, 9.17) is 6.57 Å². The molecule has 2 aromatic heterocycles. The summed E-state index contributed by atoms with van der Waals surface area (Å²) in [5.74, 6) is 0.0764. The van der Waals surface area contributed by atoms with Crippen molar-refractivity contribution in [2.75, 3.05) is 19.6 Å². The van der Waals surface area contributed by atoms with Gasteiger partial charge in [0.15, 0.2) is 11.5 Å². The largest absolute Gasteiger partial charge is 0.312 e. The number of carbonyl (C=O) groups excluding carboxylic acids is 1. The summed E-state index contributed by atoms with van der Waals surface area (Å²) in [7, 11) is 0. The van der Waals surface area contributed by atoms with E-state index in [1.165, 1.54) is 0 Å². The zero-order chi connectivity index (χ0) is 19.0. The van der Waals surface area contributed by atoms with Gasteiger partial charge in [0, 0.05) is 35.1 Å². The highest BCUT2D eigenvalue weighted by Crippen LogP contribution is 2.31. The van der Waals surface area contributed by atoms with Gasteiger partial charge in [0.25, 0.3) is 0 Å². The Labute approximate surface area is 165 Å². The molecule has 0 atom stereocenters. The van der Waals surface area contributed by atoms with Crippen molar-refractivity contribution in [1.29, 1.82) is 0 Å². The number of rotatable bonds is 4. The first-order valence-electron chi connectivity index (χ1n) is 8.63. The molecule has 0 N–H and O–H groups in total. The minimum atomic E-state index is 0.0764. The topological polar surface area (TPSA) is 42.5 Å². The summed E-state index contributed by atoms with van der Waals surface area (Å²) in [6.07, 6.45) is 5.89. The molecule has 3 aromatic rings. The number of aromatic nitrogens is 2. The molecule has 0 unspecified atom stereocenters. The lowest BCUT2D eigenvalue weighted by Gasteiger charge is -2.13. The van der Waals surface area contributed by atoms with Crippen molar-refractivity contribution in [2.24, 2.45) is 0 Å². The highest BCUT2D eigenvalue weighted by atomic mass is 79.9. The molecular formula is C21H17BrN4O. The maximum Gasteiger partial charge on any atom is 0.187 e. The SMILES string of the molecule is [C-]#[N+]c1ccc(-n2c(C)c(C(=O)CN3CC=CC3)c3ncc(Br)cc32)cc1. The predicted octanol–water partition coefficient (Wildman–Crippen LogP) is 4.70. The Morgan fingerprint density at radius 2 is 1.96 bits per heavy atom. The van der Waals surface area contributed by atoms with Gasteiger partial charge in [-0.15, -0.1) is 0 Å². The van der Waals surface area contributed by atoms with Crippen LogP contribution in [0.3, 0.4) is 0 Å². The Balaban J connectivity index is 1.85. The molecular weight excluding hydrogens is 404 g/mol. The summed E-state index contributed by atoms with van der Waals surface area (Å²) in [5, 5.41) is 0. The van der Waals surface area contributed by atoms with Gasteiger partial charge < -0.3 is 4.57 Å². The Kier molecular flexibility index (Phi) is 4.65. The zero-order valence-corrected chi connectivity index (χ0v) is 16.4. The van der Waals surface area contributed by atoms with Crippen LogP contribution in [-0.4, -0.2) is 39.9 Å². The number of benzene rings is 1. The smallest absolute Gasteiger partial charge is 0.187 e. The molecule has 0 fully saturated rings. The average molecular weight is 421 g/mol. The van der Waals surface area contributed by atoms with E-state index < -0.39 is 0 Å². The second-order valence-corrected chi connectivity index (χ2v) is 7.45. The van der Waals surface area contributed by atoms with Crippen LogP contribution in [0.5, 0.6) is 0 Å². The maximum atomic E-state index is 13.1. The lowest BCUT2D eigenvalue weighted by molar-refractivity contribution is 0.0949. The molecule has 27 heavy (non-hydrogen) atoms. The van der Waals surface area contributed by atoms with Gasteiger partial charge in [-0.3, -0.25) is 14.7 Å². The molecule has 4 rings (SSSR count). The predicted molar refractivity (Wildman–Crippen MR) is 110 cm³/mol. The lowest BCUT2D eigenvalue weighted by atomic mass is 10.1. The first-order chi connectivity index (χ1) is 13.1. The van der Waals surface area contributed by atoms with Crippen LogP contribution in [-0.2, 0) is 0 Å². The van der Waals surface area contributed by atoms with E-state index in [1.807, 2.05) is 29.7 Å². The van der Waals surface area contributed by atoms with Gasteiger partial charge in [-0.25, -0.2) is 4.85 Å². The fraction of sp³-hybridized carbons (Fsp3) is 0.190. The van der Waals surface area contributed by atoms with E-state index in [0.717, 1.165) is 34.5 Å². The summed E-state index contributed by atoms with van der Waals surface area (Å²) < 4.78 is 2.89. The summed E-state index contributed by atoms with van der Waals surface area (Å²) >= 11 is 3.49. The molecule has 0 saturated heterocycles. The molecule has 3 heterocycles. The van der Waals surface area contributed by atoms with Gasteiger partial charge in [0.1, 0.15) is 0 Å². The highest BCUT2D eigenvalue weighted by molar-refractivity contribution is 9.10. The number of ketones is 1. The van der Waals surface area contributed by atoms with Gasteiger partial charge in [-0.05, 0) is 41.1 Å². The Morgan fingerprint density at radius 3 is 2.63 bits per heavy atom. The van der Waals surface area contributed by atoms with Crippen molar-refractivity contribution >= 4 is 38.4 Å². The lowest BCUT2D eigenvalue weighted by Crippen LogP contribution is -2.27. The second kappa shape index (κ2) is 7.10. The first kappa shape index (κ1) is 17.7. The van der Waals surface area contributed by atoms with E-state index in [1.54, 1.807) is 18.3 Å². The number of hydrogen-bond donors (Lipinski definition) is 0. The van der Waals surface area contributed by atoms with Crippen LogP contribution in [0.25, 0.3) is 21.6 Å². The molecule has 1 aromatic carbocycles. The Hall–Kier alpha value is -2.75. The maximum absolute atomic E-state index is 13.1. The second-order valence-electron chi connectivity index (χ2n) is 6.53. The van der Waals surface area contributed by atoms with Crippen molar-refractivity contribution in [3.63, 3.8) is 0 Å². The summed E-state index contributed by atoms with van der Waals surface area (Å²) in [5.41, 5.74) is 4.61. The van der Waals surface area contributed by atoms with E-state index in [9.17, 15) is 4.79 Å². The minimum Gasteiger partial charge on any atom is -0.312 e. The standard InChI is InChI=1S/C21H17BrN4O/c1-14-20(19(27)13-25-9-3-4-10-25)21-18(11-15(22)12-24-21)26(14)17-7-5-16(23-2)6-8-17/h3-8,11-12H,9-10,13H2,1H3. The van der Waals surface area contributed by atoms with Crippen LogP contribution >= 0.6 is 15.9 Å². The number of nitrogens with zero attached hydrogens (tertiary/aromatic N) is 4. The number of carbonyl (C=O) groups is 1. The van der Waals surface area contributed by atoms with Crippen molar-refractivity contribution in [3.8, 4) is 5.69 Å². The molecule has 5 nitrogen and oxygen atoms in total. The van der Waals surface area contributed by atoms with Crippen LogP contribution < -0.4 is 0 Å². The number of fused-ring (bicyclic) bond motifs is 1. The van der Waals surface area contributed by atoms with Gasteiger partial charge in [0.05, 0.1) is 29.7 Å². The van der Waals surface area contributed by atoms with Crippen LogP contribution in [0.2, 0.25) is 0 Å². The van der Waals surface area contributed by atoms with Crippen molar-refractivity contribution < 1.29 is 4.79 Å². The van der Waals surface area contributed by atoms with E-state index in [2.05, 4.69) is 42.8 Å². The molecule has 134 valence electrons.